The molecule has 2 atom stereocenters. The number of hydrogen-bond acceptors (Lipinski definition) is 2. The summed E-state index contributed by atoms with van der Waals surface area (Å²) in [5.74, 6) is 1.07. The van der Waals surface area contributed by atoms with Crippen LogP contribution in [0.4, 0.5) is 0 Å². The number of carbonyl (C=O) groups is 2. The third-order valence-electron chi connectivity index (χ3n) is 9.24. The van der Waals surface area contributed by atoms with Gasteiger partial charge in [0.25, 0.3) is 0 Å². The molecule has 1 aromatic heterocycles. The van der Waals surface area contributed by atoms with E-state index in [4.69, 9.17) is 0 Å². The first-order chi connectivity index (χ1) is 17.6. The summed E-state index contributed by atoms with van der Waals surface area (Å²) in [4.78, 5) is 32.1. The topological polar surface area (TPSA) is 65.2 Å². The second-order valence-electron chi connectivity index (χ2n) is 11.3. The van der Waals surface area contributed by atoms with Crippen LogP contribution in [0.3, 0.4) is 0 Å². The van der Waals surface area contributed by atoms with Crippen molar-refractivity contribution in [2.24, 2.45) is 17.3 Å². The number of piperidine rings is 1. The number of aromatic nitrogens is 1. The van der Waals surface area contributed by atoms with Crippen LogP contribution >= 0.6 is 0 Å². The maximum Gasteiger partial charge on any atom is 0.230 e. The van der Waals surface area contributed by atoms with Crippen molar-refractivity contribution in [1.29, 1.82) is 0 Å². The predicted octanol–water partition coefficient (Wildman–Crippen LogP) is 5.43. The zero-order valence-corrected chi connectivity index (χ0v) is 21.0. The molecule has 6 rings (SSSR count). The van der Waals surface area contributed by atoms with Crippen LogP contribution in [-0.2, 0) is 16.0 Å². The Morgan fingerprint density at radius 1 is 1.00 bits per heavy atom. The highest BCUT2D eigenvalue weighted by Gasteiger charge is 2.58. The first-order valence-electron chi connectivity index (χ1n) is 13.8. The summed E-state index contributed by atoms with van der Waals surface area (Å²) in [5.41, 5.74) is 3.67. The summed E-state index contributed by atoms with van der Waals surface area (Å²) < 4.78 is 0. The molecule has 0 unspecified atom stereocenters. The Hall–Kier alpha value is -3.08. The van der Waals surface area contributed by atoms with Crippen LogP contribution in [0.1, 0.15) is 62.0 Å². The SMILES string of the molecule is O=C(NCCc1c[nH]c2ccccc12)[C@H]1CC12CCN(C(=O)[C@H](c1ccccc1)C1CCCC1)CC2. The number of carbonyl (C=O) groups excluding carboxylic acids is 2. The van der Waals surface area contributed by atoms with Gasteiger partial charge in [-0.3, -0.25) is 9.59 Å². The summed E-state index contributed by atoms with van der Waals surface area (Å²) in [7, 11) is 0. The first-order valence-corrected chi connectivity index (χ1v) is 13.8. The number of fused-ring (bicyclic) bond motifs is 1. The van der Waals surface area contributed by atoms with Crippen molar-refractivity contribution >= 4 is 22.7 Å². The van der Waals surface area contributed by atoms with Crippen LogP contribution in [0.15, 0.2) is 60.8 Å². The minimum Gasteiger partial charge on any atom is -0.361 e. The molecule has 2 amide bonds. The number of para-hydroxylation sites is 1. The zero-order chi connectivity index (χ0) is 24.5. The summed E-state index contributed by atoms with van der Waals surface area (Å²) in [6.45, 7) is 2.24. The molecular formula is C31H37N3O2. The Morgan fingerprint density at radius 3 is 2.50 bits per heavy atom. The van der Waals surface area contributed by atoms with Crippen molar-refractivity contribution in [2.75, 3.05) is 19.6 Å². The highest BCUT2D eigenvalue weighted by molar-refractivity contribution is 5.85. The second-order valence-corrected chi connectivity index (χ2v) is 11.3. The fourth-order valence-corrected chi connectivity index (χ4v) is 6.99. The standard InChI is InChI=1S/C31H37N3O2/c35-29(32-17-14-24-21-33-27-13-7-6-12-25(24)27)26-20-31(26)15-18-34(19-16-31)30(36)28(23-10-4-5-11-23)22-8-2-1-3-9-22/h1-3,6-9,12-13,21,23,26,28,33H,4-5,10-11,14-20H2,(H,32,35)/t26-,28-/m1/s1. The maximum absolute atomic E-state index is 13.7. The molecule has 1 saturated heterocycles. The number of aromatic amines is 1. The molecule has 2 heterocycles. The lowest BCUT2D eigenvalue weighted by Gasteiger charge is -2.36. The second kappa shape index (κ2) is 9.76. The molecule has 0 bridgehead atoms. The van der Waals surface area contributed by atoms with Crippen molar-refractivity contribution in [1.82, 2.24) is 15.2 Å². The number of rotatable bonds is 7. The van der Waals surface area contributed by atoms with E-state index in [0.717, 1.165) is 57.1 Å². The van der Waals surface area contributed by atoms with Gasteiger partial charge in [-0.05, 0) is 67.1 Å². The Bertz CT molecular complexity index is 1220. The van der Waals surface area contributed by atoms with Gasteiger partial charge in [-0.15, -0.1) is 0 Å². The molecule has 1 spiro atoms. The third kappa shape index (κ3) is 4.44. The van der Waals surface area contributed by atoms with Crippen LogP contribution in [0.5, 0.6) is 0 Å². The molecule has 1 aliphatic heterocycles. The van der Waals surface area contributed by atoms with Crippen molar-refractivity contribution in [2.45, 2.75) is 57.3 Å². The largest absolute Gasteiger partial charge is 0.361 e. The van der Waals surface area contributed by atoms with Crippen molar-refractivity contribution in [3.8, 4) is 0 Å². The predicted molar refractivity (Wildman–Crippen MR) is 143 cm³/mol. The molecule has 5 heteroatoms. The molecule has 2 aromatic carbocycles. The minimum atomic E-state index is -0.00874. The molecule has 0 radical (unpaired) electrons. The highest BCUT2D eigenvalue weighted by Crippen LogP contribution is 2.59. The fourth-order valence-electron chi connectivity index (χ4n) is 6.99. The number of hydrogen-bond donors (Lipinski definition) is 2. The highest BCUT2D eigenvalue weighted by atomic mass is 16.2. The van der Waals surface area contributed by atoms with Crippen LogP contribution in [0.25, 0.3) is 10.9 Å². The maximum atomic E-state index is 13.7. The van der Waals surface area contributed by atoms with Crippen LogP contribution < -0.4 is 5.32 Å². The van der Waals surface area contributed by atoms with Crippen molar-refractivity contribution in [3.05, 3.63) is 71.9 Å². The summed E-state index contributed by atoms with van der Waals surface area (Å²) >= 11 is 0. The van der Waals surface area contributed by atoms with Crippen molar-refractivity contribution < 1.29 is 9.59 Å². The van der Waals surface area contributed by atoms with Gasteiger partial charge in [0.05, 0.1) is 5.92 Å². The van der Waals surface area contributed by atoms with Gasteiger partial charge in [0.15, 0.2) is 0 Å². The minimum absolute atomic E-state index is 0.00874. The van der Waals surface area contributed by atoms with E-state index in [1.165, 1.54) is 29.4 Å². The van der Waals surface area contributed by atoms with E-state index in [9.17, 15) is 9.59 Å². The van der Waals surface area contributed by atoms with E-state index in [1.807, 2.05) is 12.1 Å². The smallest absolute Gasteiger partial charge is 0.230 e. The van der Waals surface area contributed by atoms with Crippen molar-refractivity contribution in [3.63, 3.8) is 0 Å². The summed E-state index contributed by atoms with van der Waals surface area (Å²) in [6, 6.07) is 18.7. The van der Waals surface area contributed by atoms with Gasteiger partial charge in [-0.1, -0.05) is 61.4 Å². The van der Waals surface area contributed by atoms with Crippen LogP contribution in [-0.4, -0.2) is 41.3 Å². The van der Waals surface area contributed by atoms with Gasteiger partial charge in [-0.2, -0.15) is 0 Å². The lowest BCUT2D eigenvalue weighted by atomic mass is 9.82. The van der Waals surface area contributed by atoms with Crippen LogP contribution in [0, 0.1) is 17.3 Å². The average molecular weight is 484 g/mol. The molecular weight excluding hydrogens is 446 g/mol. The van der Waals surface area contributed by atoms with E-state index in [-0.39, 0.29) is 23.2 Å². The Morgan fingerprint density at radius 2 is 1.72 bits per heavy atom. The van der Waals surface area contributed by atoms with E-state index in [2.05, 4.69) is 63.9 Å². The molecule has 5 nitrogen and oxygen atoms in total. The number of nitrogens with zero attached hydrogens (tertiary/aromatic N) is 1. The zero-order valence-electron chi connectivity index (χ0n) is 21.0. The molecule has 2 aliphatic carbocycles. The van der Waals surface area contributed by atoms with E-state index in [1.54, 1.807) is 0 Å². The van der Waals surface area contributed by atoms with Crippen LogP contribution in [0.2, 0.25) is 0 Å². The number of likely N-dealkylation sites (tertiary alicyclic amines) is 1. The number of amides is 2. The lowest BCUT2D eigenvalue weighted by Crippen LogP contribution is -2.44. The van der Waals surface area contributed by atoms with E-state index in [0.29, 0.717) is 18.4 Å². The molecule has 3 fully saturated rings. The summed E-state index contributed by atoms with van der Waals surface area (Å²) in [5, 5.41) is 4.43. The van der Waals surface area contributed by atoms with E-state index < -0.39 is 0 Å². The molecule has 36 heavy (non-hydrogen) atoms. The number of benzene rings is 2. The van der Waals surface area contributed by atoms with E-state index >= 15 is 0 Å². The molecule has 2 N–H and O–H groups in total. The third-order valence-corrected chi connectivity index (χ3v) is 9.24. The average Bonchev–Trinajstić information content (AvgIpc) is 3.24. The quantitative estimate of drug-likeness (QED) is 0.471. The number of H-pyrrole nitrogens is 1. The molecule has 3 aliphatic rings. The van der Waals surface area contributed by atoms with Gasteiger partial charge in [0.2, 0.25) is 11.8 Å². The van der Waals surface area contributed by atoms with Gasteiger partial charge in [-0.25, -0.2) is 0 Å². The number of nitrogens with one attached hydrogen (secondary N) is 2. The molecule has 188 valence electrons. The fraction of sp³-hybridized carbons (Fsp3) is 0.484. The van der Waals surface area contributed by atoms with Gasteiger partial charge < -0.3 is 15.2 Å². The van der Waals surface area contributed by atoms with Gasteiger partial charge >= 0.3 is 0 Å². The lowest BCUT2D eigenvalue weighted by molar-refractivity contribution is -0.135. The van der Waals surface area contributed by atoms with Gasteiger partial charge in [0, 0.05) is 42.7 Å². The Kier molecular flexibility index (Phi) is 6.32. The molecule has 3 aromatic rings. The Balaban J connectivity index is 1.02. The normalized spacial score (nSPS) is 22.1. The monoisotopic (exact) mass is 483 g/mol. The Labute approximate surface area is 213 Å². The van der Waals surface area contributed by atoms with Gasteiger partial charge in [0.1, 0.15) is 0 Å². The molecule has 2 saturated carbocycles. The summed E-state index contributed by atoms with van der Waals surface area (Å²) in [6.07, 6.45) is 10.5. The first kappa shape index (κ1) is 23.3.